The second-order valence-electron chi connectivity index (χ2n) is 8.16. The number of aromatic nitrogens is 3. The van der Waals surface area contributed by atoms with Crippen LogP contribution in [0.4, 0.5) is 0 Å². The Bertz CT molecular complexity index is 1150. The molecule has 164 valence electrons. The maximum Gasteiger partial charge on any atom is 0.315 e. The summed E-state index contributed by atoms with van der Waals surface area (Å²) in [5, 5.41) is 4.19. The van der Waals surface area contributed by atoms with Gasteiger partial charge in [-0.15, -0.1) is 0 Å². The molecular formula is C25H26N4O3. The van der Waals surface area contributed by atoms with Gasteiger partial charge in [0.15, 0.2) is 5.82 Å². The molecule has 0 radical (unpaired) electrons. The molecule has 3 heterocycles. The molecule has 0 aliphatic carbocycles. The molecule has 0 saturated carbocycles. The number of aliphatic imine (C=N–C) groups is 1. The summed E-state index contributed by atoms with van der Waals surface area (Å²) >= 11 is 0. The molecule has 7 nitrogen and oxygen atoms in total. The molecule has 1 aliphatic heterocycles. The van der Waals surface area contributed by atoms with Crippen LogP contribution in [0.5, 0.6) is 0 Å². The van der Waals surface area contributed by atoms with Crippen LogP contribution in [0.2, 0.25) is 0 Å². The first-order valence-corrected chi connectivity index (χ1v) is 10.7. The van der Waals surface area contributed by atoms with Crippen LogP contribution in [-0.4, -0.2) is 32.9 Å². The number of rotatable bonds is 6. The van der Waals surface area contributed by atoms with E-state index in [0.29, 0.717) is 23.8 Å². The molecule has 1 aliphatic rings. The second kappa shape index (κ2) is 9.26. The van der Waals surface area contributed by atoms with Gasteiger partial charge in [0.2, 0.25) is 0 Å². The van der Waals surface area contributed by atoms with Crippen molar-refractivity contribution in [2.75, 3.05) is 0 Å². The molecule has 4 rings (SSSR count). The Morgan fingerprint density at radius 1 is 1.12 bits per heavy atom. The molecule has 2 unspecified atom stereocenters. The predicted molar refractivity (Wildman–Crippen MR) is 121 cm³/mol. The quantitative estimate of drug-likeness (QED) is 0.530. The van der Waals surface area contributed by atoms with Gasteiger partial charge in [-0.05, 0) is 44.9 Å². The van der Waals surface area contributed by atoms with Gasteiger partial charge in [-0.1, -0.05) is 41.6 Å². The van der Waals surface area contributed by atoms with Crippen LogP contribution in [0, 0.1) is 5.92 Å². The number of hydrogen-bond acceptors (Lipinski definition) is 7. The van der Waals surface area contributed by atoms with E-state index in [2.05, 4.69) is 20.1 Å². The van der Waals surface area contributed by atoms with E-state index >= 15 is 0 Å². The Balaban J connectivity index is 1.76. The third-order valence-corrected chi connectivity index (χ3v) is 5.38. The fraction of sp³-hybridized carbons (Fsp3) is 0.320. The number of carbonyl (C=O) groups excluding carboxylic acids is 1. The molecule has 32 heavy (non-hydrogen) atoms. The average Bonchev–Trinajstić information content (AvgIpc) is 3.21. The Morgan fingerprint density at radius 3 is 2.59 bits per heavy atom. The third-order valence-electron chi connectivity index (χ3n) is 5.38. The summed E-state index contributed by atoms with van der Waals surface area (Å²) in [6, 6.07) is 13.8. The number of esters is 1. The summed E-state index contributed by atoms with van der Waals surface area (Å²) in [5.74, 6) is -0.392. The predicted octanol–water partition coefficient (Wildman–Crippen LogP) is 4.61. The molecule has 0 bridgehead atoms. The Morgan fingerprint density at radius 2 is 1.91 bits per heavy atom. The van der Waals surface area contributed by atoms with Crippen molar-refractivity contribution in [3.05, 3.63) is 83.4 Å². The smallest absolute Gasteiger partial charge is 0.315 e. The normalized spacial score (nSPS) is 18.6. The number of carbonyl (C=O) groups is 1. The van der Waals surface area contributed by atoms with Gasteiger partial charge < -0.3 is 9.26 Å². The lowest BCUT2D eigenvalue weighted by Gasteiger charge is -2.31. The number of benzene rings is 1. The van der Waals surface area contributed by atoms with Gasteiger partial charge in [0.1, 0.15) is 5.92 Å². The van der Waals surface area contributed by atoms with E-state index in [1.807, 2.05) is 70.2 Å². The van der Waals surface area contributed by atoms with Crippen LogP contribution < -0.4 is 0 Å². The topological polar surface area (TPSA) is 90.5 Å². The van der Waals surface area contributed by atoms with Crippen molar-refractivity contribution in [2.24, 2.45) is 10.9 Å². The molecule has 0 spiro atoms. The number of pyridine rings is 1. The highest BCUT2D eigenvalue weighted by Crippen LogP contribution is 2.44. The van der Waals surface area contributed by atoms with E-state index < -0.39 is 11.8 Å². The minimum Gasteiger partial charge on any atom is -0.462 e. The van der Waals surface area contributed by atoms with Crippen molar-refractivity contribution in [3.8, 4) is 0 Å². The van der Waals surface area contributed by atoms with Gasteiger partial charge in [-0.3, -0.25) is 14.8 Å². The van der Waals surface area contributed by atoms with E-state index in [1.165, 1.54) is 0 Å². The molecule has 1 aromatic carbocycles. The van der Waals surface area contributed by atoms with Gasteiger partial charge in [-0.25, -0.2) is 0 Å². The number of nitrogens with zero attached hydrogens (tertiary/aromatic N) is 4. The van der Waals surface area contributed by atoms with E-state index in [0.717, 1.165) is 22.4 Å². The Kier molecular flexibility index (Phi) is 6.25. The van der Waals surface area contributed by atoms with Crippen molar-refractivity contribution >= 4 is 17.3 Å². The maximum atomic E-state index is 13.1. The number of allylic oxidation sites excluding steroid dienone is 2. The van der Waals surface area contributed by atoms with Crippen LogP contribution in [0.3, 0.4) is 0 Å². The van der Waals surface area contributed by atoms with Crippen LogP contribution >= 0.6 is 0 Å². The minimum absolute atomic E-state index is 0.235. The molecule has 0 fully saturated rings. The van der Waals surface area contributed by atoms with E-state index in [4.69, 9.17) is 9.26 Å². The minimum atomic E-state index is -0.607. The van der Waals surface area contributed by atoms with Crippen LogP contribution in [0.15, 0.2) is 70.1 Å². The lowest BCUT2D eigenvalue weighted by atomic mass is 9.76. The van der Waals surface area contributed by atoms with Crippen molar-refractivity contribution < 1.29 is 14.1 Å². The standard InChI is InChI=1S/C25H26N4O3/c1-15(2)31-25(30)22-17(4)27-16(3)21(23(22)19-11-8-12-26-14-19)24-28-20(29-32-24)13-18-9-6-5-7-10-18/h5-12,14-15,22-23H,13H2,1-4H3. The van der Waals surface area contributed by atoms with Gasteiger partial charge in [0.25, 0.3) is 5.89 Å². The second-order valence-corrected chi connectivity index (χ2v) is 8.16. The van der Waals surface area contributed by atoms with Crippen molar-refractivity contribution in [1.29, 1.82) is 0 Å². The molecule has 0 N–H and O–H groups in total. The third kappa shape index (κ3) is 4.51. The zero-order valence-electron chi connectivity index (χ0n) is 18.6. The lowest BCUT2D eigenvalue weighted by Crippen LogP contribution is -2.35. The van der Waals surface area contributed by atoms with Gasteiger partial charge in [-0.2, -0.15) is 4.98 Å². The van der Waals surface area contributed by atoms with E-state index in [9.17, 15) is 4.79 Å². The summed E-state index contributed by atoms with van der Waals surface area (Å²) in [5.41, 5.74) is 4.10. The van der Waals surface area contributed by atoms with E-state index in [-0.39, 0.29) is 12.1 Å². The largest absolute Gasteiger partial charge is 0.462 e. The van der Waals surface area contributed by atoms with Crippen molar-refractivity contribution in [1.82, 2.24) is 15.1 Å². The molecule has 7 heteroatoms. The van der Waals surface area contributed by atoms with Crippen molar-refractivity contribution in [2.45, 2.75) is 46.1 Å². The van der Waals surface area contributed by atoms with Crippen molar-refractivity contribution in [3.63, 3.8) is 0 Å². The van der Waals surface area contributed by atoms with Crippen LogP contribution in [0.1, 0.15) is 56.5 Å². The van der Waals surface area contributed by atoms with Gasteiger partial charge >= 0.3 is 5.97 Å². The fourth-order valence-corrected chi connectivity index (χ4v) is 4.06. The van der Waals surface area contributed by atoms with Crippen LogP contribution in [0.25, 0.3) is 5.57 Å². The summed E-state index contributed by atoms with van der Waals surface area (Å²) in [4.78, 5) is 26.7. The summed E-state index contributed by atoms with van der Waals surface area (Å²) < 4.78 is 11.3. The van der Waals surface area contributed by atoms with Gasteiger partial charge in [0.05, 0.1) is 6.10 Å². The summed E-state index contributed by atoms with van der Waals surface area (Å²) in [6.07, 6.45) is 3.78. The van der Waals surface area contributed by atoms with E-state index in [1.54, 1.807) is 12.4 Å². The highest BCUT2D eigenvalue weighted by atomic mass is 16.5. The van der Waals surface area contributed by atoms with Crippen LogP contribution in [-0.2, 0) is 16.0 Å². The summed E-state index contributed by atoms with van der Waals surface area (Å²) in [7, 11) is 0. The first-order chi connectivity index (χ1) is 15.4. The lowest BCUT2D eigenvalue weighted by molar-refractivity contribution is -0.150. The zero-order chi connectivity index (χ0) is 22.7. The number of ether oxygens (including phenoxy) is 1. The highest BCUT2D eigenvalue weighted by Gasteiger charge is 2.42. The Labute approximate surface area is 187 Å². The first kappa shape index (κ1) is 21.6. The monoisotopic (exact) mass is 430 g/mol. The molecule has 0 amide bonds. The molecule has 0 saturated heterocycles. The molecular weight excluding hydrogens is 404 g/mol. The highest BCUT2D eigenvalue weighted by molar-refractivity contribution is 6.06. The SMILES string of the molecule is CC1=NC(C)=C(c2nc(Cc3ccccc3)no2)C(c2cccnc2)C1C(=O)OC(C)C. The average molecular weight is 431 g/mol. The fourth-order valence-electron chi connectivity index (χ4n) is 4.06. The Hall–Kier alpha value is -3.61. The maximum absolute atomic E-state index is 13.1. The summed E-state index contributed by atoms with van der Waals surface area (Å²) in [6.45, 7) is 7.42. The molecule has 2 atom stereocenters. The van der Waals surface area contributed by atoms with Gasteiger partial charge in [0, 0.05) is 41.7 Å². The zero-order valence-corrected chi connectivity index (χ0v) is 18.6. The first-order valence-electron chi connectivity index (χ1n) is 10.7. The molecule has 3 aromatic rings. The number of hydrogen-bond donors (Lipinski definition) is 0. The molecule has 2 aromatic heterocycles.